The van der Waals surface area contributed by atoms with Crippen molar-refractivity contribution in [3.8, 4) is 0 Å². The molecule has 1 atom stereocenters. The third kappa shape index (κ3) is 3.53. The largest absolute Gasteiger partial charge is 1.00 e. The number of amides is 1. The highest BCUT2D eigenvalue weighted by Crippen LogP contribution is 2.26. The van der Waals surface area contributed by atoms with E-state index in [0.717, 1.165) is 11.3 Å². The molecule has 32 heavy (non-hydrogen) atoms. The fourth-order valence-electron chi connectivity index (χ4n) is 4.03. The minimum Gasteiger partial charge on any atom is -1.00 e. The quantitative estimate of drug-likeness (QED) is 0.444. The van der Waals surface area contributed by atoms with Crippen LogP contribution in [0.1, 0.15) is 35.7 Å². The van der Waals surface area contributed by atoms with Crippen LogP contribution < -0.4 is 23.0 Å². The Hall–Kier alpha value is -3.62. The summed E-state index contributed by atoms with van der Waals surface area (Å²) in [5.74, 6) is 1.24. The Labute approximate surface area is 191 Å². The molecule has 3 heterocycles. The first-order valence-electron chi connectivity index (χ1n) is 10.1. The molecule has 0 saturated carbocycles. The van der Waals surface area contributed by atoms with Crippen molar-refractivity contribution in [2.24, 2.45) is 4.99 Å². The summed E-state index contributed by atoms with van der Waals surface area (Å²) in [6, 6.07) is 15.5. The number of nitrogen functional groups attached to an aromatic ring is 1. The summed E-state index contributed by atoms with van der Waals surface area (Å²) in [4.78, 5) is 31.9. The van der Waals surface area contributed by atoms with Gasteiger partial charge in [-0.3, -0.25) is 0 Å². The van der Waals surface area contributed by atoms with Gasteiger partial charge in [0.25, 0.3) is 0 Å². The highest BCUT2D eigenvalue weighted by Gasteiger charge is 2.37. The summed E-state index contributed by atoms with van der Waals surface area (Å²) in [6.07, 6.45) is 3.08. The molecule has 0 saturated heterocycles. The minimum atomic E-state index is -0.0211. The predicted octanol–water partition coefficient (Wildman–Crippen LogP) is -0.363. The average Bonchev–Trinajstić information content (AvgIpc) is 3.18. The molecule has 2 aromatic heterocycles. The van der Waals surface area contributed by atoms with E-state index in [9.17, 15) is 4.79 Å². The van der Waals surface area contributed by atoms with E-state index >= 15 is 0 Å². The maximum atomic E-state index is 13.7. The van der Waals surface area contributed by atoms with Gasteiger partial charge in [-0.05, 0) is 18.1 Å². The van der Waals surface area contributed by atoms with Crippen LogP contribution in [-0.2, 0) is 6.54 Å². The van der Waals surface area contributed by atoms with Gasteiger partial charge in [0.1, 0.15) is 29.6 Å². The van der Waals surface area contributed by atoms with Crippen LogP contribution >= 0.6 is 0 Å². The van der Waals surface area contributed by atoms with E-state index in [0.29, 0.717) is 45.5 Å². The van der Waals surface area contributed by atoms with Gasteiger partial charge >= 0.3 is 5.91 Å². The number of quaternary nitrogens is 1. The lowest BCUT2D eigenvalue weighted by Gasteiger charge is -2.25. The van der Waals surface area contributed by atoms with Crippen molar-refractivity contribution in [3.05, 3.63) is 72.3 Å². The Bertz CT molecular complexity index is 1350. The van der Waals surface area contributed by atoms with Gasteiger partial charge in [0.15, 0.2) is 11.5 Å². The maximum Gasteiger partial charge on any atom is 0.357 e. The Kier molecular flexibility index (Phi) is 5.73. The zero-order valence-electron chi connectivity index (χ0n) is 17.7. The first-order valence-corrected chi connectivity index (χ1v) is 10.1. The average molecular weight is 448 g/mol. The Morgan fingerprint density at radius 3 is 2.59 bits per heavy atom. The molecule has 1 aliphatic rings. The molecule has 2 aromatic carbocycles. The number of nitrogens with zero attached hydrogens (tertiary/aromatic N) is 5. The van der Waals surface area contributed by atoms with Crippen LogP contribution in [-0.4, -0.2) is 31.3 Å². The molecule has 0 radical (unpaired) electrons. The first-order chi connectivity index (χ1) is 15.0. The number of hydrogen-bond donors (Lipinski definition) is 2. The van der Waals surface area contributed by atoms with E-state index in [1.807, 2.05) is 47.0 Å². The van der Waals surface area contributed by atoms with Gasteiger partial charge in [-0.1, -0.05) is 44.2 Å². The number of carbonyl (C=O) groups excluding carboxylic acids is 1. The molecular formula is C23H22ClN7O. The monoisotopic (exact) mass is 447 g/mol. The lowest BCUT2D eigenvalue weighted by molar-refractivity contribution is -0.635. The number of imidazole rings is 1. The van der Waals surface area contributed by atoms with Crippen molar-refractivity contribution in [3.63, 3.8) is 0 Å². The number of benzene rings is 2. The van der Waals surface area contributed by atoms with E-state index in [1.165, 1.54) is 6.33 Å². The van der Waals surface area contributed by atoms with Crippen molar-refractivity contribution in [1.29, 1.82) is 0 Å². The predicted molar refractivity (Wildman–Crippen MR) is 119 cm³/mol. The molecule has 0 fully saturated rings. The number of para-hydroxylation sites is 2. The summed E-state index contributed by atoms with van der Waals surface area (Å²) in [6.45, 7) is 4.59. The molecule has 0 bridgehead atoms. The van der Waals surface area contributed by atoms with E-state index < -0.39 is 0 Å². The highest BCUT2D eigenvalue weighted by atomic mass is 35.5. The molecule has 4 aromatic rings. The van der Waals surface area contributed by atoms with Crippen molar-refractivity contribution < 1.29 is 22.1 Å². The van der Waals surface area contributed by atoms with E-state index in [1.54, 1.807) is 6.33 Å². The van der Waals surface area contributed by atoms with Gasteiger partial charge in [-0.25, -0.2) is 19.7 Å². The normalized spacial score (nSPS) is 15.4. The standard InChI is InChI=1S/C23H21N7O.ClH/c1-14(2)15-7-4-6-10-18(15)30-19(28-17-9-5-3-8-16(17)23(30)31)11-29-13-27-20-21(24)25-12-26-22(20)29;/h3-10,12-14H,11H2,1-2H3,(H2,24,25,26);1H. The number of anilines is 1. The third-order valence-corrected chi connectivity index (χ3v) is 5.52. The van der Waals surface area contributed by atoms with Crippen LogP contribution in [0.3, 0.4) is 0 Å². The number of rotatable bonds is 4. The van der Waals surface area contributed by atoms with Crippen molar-refractivity contribution in [1.82, 2.24) is 19.5 Å². The number of hydrogen-bond acceptors (Lipinski definition) is 6. The van der Waals surface area contributed by atoms with Crippen LogP contribution in [0.5, 0.6) is 0 Å². The number of aromatic nitrogens is 4. The number of amidine groups is 1. The van der Waals surface area contributed by atoms with Crippen LogP contribution in [0, 0.1) is 0 Å². The molecule has 0 aliphatic carbocycles. The van der Waals surface area contributed by atoms with Gasteiger partial charge in [-0.2, -0.15) is 9.89 Å². The molecular weight excluding hydrogens is 426 g/mol. The number of nitrogens with two attached hydrogens (primary N) is 1. The second-order valence-corrected chi connectivity index (χ2v) is 7.83. The Balaban J connectivity index is 0.00000245. The Morgan fingerprint density at radius 1 is 1.03 bits per heavy atom. The summed E-state index contributed by atoms with van der Waals surface area (Å²) in [5.41, 5.74) is 10.4. The van der Waals surface area contributed by atoms with E-state index in [4.69, 9.17) is 10.7 Å². The molecule has 162 valence electrons. The molecule has 5 rings (SSSR count). The van der Waals surface area contributed by atoms with Gasteiger partial charge in [-0.15, -0.1) is 0 Å². The summed E-state index contributed by atoms with van der Waals surface area (Å²) in [5, 5.41) is 0. The number of halogens is 1. The van der Waals surface area contributed by atoms with Crippen molar-refractivity contribution >= 4 is 40.1 Å². The minimum absolute atomic E-state index is 0. The maximum absolute atomic E-state index is 13.7. The van der Waals surface area contributed by atoms with Crippen LogP contribution in [0.15, 0.2) is 66.2 Å². The molecule has 1 aliphatic heterocycles. The SMILES string of the molecule is CC(C)c1ccccc1[NH+]1C(=O)c2ccccc2N=C1Cn1cnc2c(N)ncnc21.[Cl-]. The van der Waals surface area contributed by atoms with Crippen LogP contribution in [0.2, 0.25) is 0 Å². The fraction of sp³-hybridized carbons (Fsp3) is 0.174. The van der Waals surface area contributed by atoms with Crippen LogP contribution in [0.25, 0.3) is 11.2 Å². The zero-order chi connectivity index (χ0) is 21.5. The van der Waals surface area contributed by atoms with Gasteiger partial charge < -0.3 is 22.7 Å². The molecule has 1 unspecified atom stereocenters. The Morgan fingerprint density at radius 2 is 1.78 bits per heavy atom. The molecule has 0 spiro atoms. The number of carbonyl (C=O) groups is 1. The van der Waals surface area contributed by atoms with Crippen molar-refractivity contribution in [2.75, 3.05) is 5.73 Å². The first kappa shape index (κ1) is 21.6. The van der Waals surface area contributed by atoms with E-state index in [2.05, 4.69) is 34.9 Å². The summed E-state index contributed by atoms with van der Waals surface area (Å²) < 4.78 is 1.85. The zero-order valence-corrected chi connectivity index (χ0v) is 18.4. The highest BCUT2D eigenvalue weighted by molar-refractivity contribution is 6.04. The third-order valence-electron chi connectivity index (χ3n) is 5.52. The molecule has 8 nitrogen and oxygen atoms in total. The summed E-state index contributed by atoms with van der Waals surface area (Å²) >= 11 is 0. The molecule has 3 N–H and O–H groups in total. The van der Waals surface area contributed by atoms with Gasteiger partial charge in [0, 0.05) is 11.6 Å². The fourth-order valence-corrected chi connectivity index (χ4v) is 4.03. The lowest BCUT2D eigenvalue weighted by atomic mass is 9.99. The smallest absolute Gasteiger partial charge is 0.357 e. The lowest BCUT2D eigenvalue weighted by Crippen LogP contribution is -3.13. The second-order valence-electron chi connectivity index (χ2n) is 7.83. The number of nitrogens with one attached hydrogen (secondary N) is 1. The molecule has 9 heteroatoms. The molecule has 1 amide bonds. The number of fused-ring (bicyclic) bond motifs is 2. The van der Waals surface area contributed by atoms with Gasteiger partial charge in [0.2, 0.25) is 5.84 Å². The second kappa shape index (κ2) is 8.49. The topological polar surface area (TPSA) is 103 Å². The van der Waals surface area contributed by atoms with Crippen molar-refractivity contribution in [2.45, 2.75) is 26.3 Å². The van der Waals surface area contributed by atoms with Crippen LogP contribution in [0.4, 0.5) is 17.2 Å². The van der Waals surface area contributed by atoms with Gasteiger partial charge in [0.05, 0.1) is 12.0 Å². The van der Waals surface area contributed by atoms with E-state index in [-0.39, 0.29) is 24.2 Å². The number of aliphatic imine (C=N–C) groups is 1. The summed E-state index contributed by atoms with van der Waals surface area (Å²) in [7, 11) is 0.